The third-order valence-corrected chi connectivity index (χ3v) is 3.76. The highest BCUT2D eigenvalue weighted by atomic mass is 19.1. The number of furan rings is 1. The number of nitrogens with zero attached hydrogens (tertiary/aromatic N) is 1. The van der Waals surface area contributed by atoms with E-state index in [0.29, 0.717) is 0 Å². The molecule has 7 heteroatoms. The molecule has 3 amide bonds. The second kappa shape index (κ2) is 5.35. The lowest BCUT2D eigenvalue weighted by Gasteiger charge is -2.18. The summed E-state index contributed by atoms with van der Waals surface area (Å²) in [6.07, 6.45) is 1.40. The van der Waals surface area contributed by atoms with Crippen LogP contribution in [0.5, 0.6) is 0 Å². The highest BCUT2D eigenvalue weighted by molar-refractivity contribution is 6.11. The summed E-state index contributed by atoms with van der Waals surface area (Å²) in [5, 5.41) is 2.53. The van der Waals surface area contributed by atoms with E-state index in [2.05, 4.69) is 5.32 Å². The van der Waals surface area contributed by atoms with Gasteiger partial charge in [-0.15, -0.1) is 0 Å². The predicted octanol–water partition coefficient (Wildman–Crippen LogP) is 2.07. The van der Waals surface area contributed by atoms with Gasteiger partial charge in [-0.3, -0.25) is 14.5 Å². The van der Waals surface area contributed by atoms with Crippen LogP contribution in [0.15, 0.2) is 47.1 Å². The van der Waals surface area contributed by atoms with Crippen LogP contribution < -0.4 is 5.32 Å². The average molecular weight is 316 g/mol. The van der Waals surface area contributed by atoms with Gasteiger partial charge in [0.2, 0.25) is 0 Å². The summed E-state index contributed by atoms with van der Waals surface area (Å²) in [5.41, 5.74) is -1.12. The number of urea groups is 1. The van der Waals surface area contributed by atoms with Gasteiger partial charge in [-0.1, -0.05) is 0 Å². The van der Waals surface area contributed by atoms with Crippen molar-refractivity contribution in [3.05, 3.63) is 59.8 Å². The third kappa shape index (κ3) is 2.50. The number of hydrogen-bond acceptors (Lipinski definition) is 4. The lowest BCUT2D eigenvalue weighted by Crippen LogP contribution is -2.41. The fraction of sp³-hybridized carbons (Fsp3) is 0.188. The van der Waals surface area contributed by atoms with E-state index in [1.54, 1.807) is 12.1 Å². The van der Waals surface area contributed by atoms with E-state index in [9.17, 15) is 18.8 Å². The maximum atomic E-state index is 12.9. The number of carbonyl (C=O) groups excluding carboxylic acids is 3. The molecule has 2 heterocycles. The molecule has 1 aliphatic rings. The molecular weight excluding hydrogens is 303 g/mol. The fourth-order valence-electron chi connectivity index (χ4n) is 2.44. The molecule has 0 spiro atoms. The number of carbonyl (C=O) groups is 3. The summed E-state index contributed by atoms with van der Waals surface area (Å²) in [6, 6.07) is 7.40. The number of benzene rings is 1. The van der Waals surface area contributed by atoms with Crippen LogP contribution in [0.2, 0.25) is 0 Å². The minimum absolute atomic E-state index is 0.221. The largest absolute Gasteiger partial charge is 0.466 e. The Balaban J connectivity index is 1.81. The molecule has 1 N–H and O–H groups in total. The molecule has 1 saturated heterocycles. The first-order valence-corrected chi connectivity index (χ1v) is 6.88. The maximum absolute atomic E-state index is 12.9. The smallest absolute Gasteiger partial charge is 0.325 e. The van der Waals surface area contributed by atoms with Gasteiger partial charge < -0.3 is 9.73 Å². The minimum atomic E-state index is -1.34. The normalized spacial score (nSPS) is 20.7. The molecule has 6 nitrogen and oxygen atoms in total. The zero-order valence-corrected chi connectivity index (χ0v) is 12.2. The van der Waals surface area contributed by atoms with E-state index < -0.39 is 35.6 Å². The average Bonchev–Trinajstić information content (AvgIpc) is 3.12. The first kappa shape index (κ1) is 15.0. The Labute approximate surface area is 130 Å². The van der Waals surface area contributed by atoms with Crippen LogP contribution >= 0.6 is 0 Å². The highest BCUT2D eigenvalue weighted by Gasteiger charge is 2.51. The zero-order chi connectivity index (χ0) is 16.6. The molecule has 1 unspecified atom stereocenters. The lowest BCUT2D eigenvalue weighted by molar-refractivity contribution is -0.131. The van der Waals surface area contributed by atoms with Gasteiger partial charge >= 0.3 is 6.03 Å². The van der Waals surface area contributed by atoms with Crippen molar-refractivity contribution in [3.8, 4) is 0 Å². The third-order valence-electron chi connectivity index (χ3n) is 3.76. The van der Waals surface area contributed by atoms with E-state index in [0.717, 1.165) is 17.0 Å². The number of halogens is 1. The number of rotatable bonds is 4. The van der Waals surface area contributed by atoms with Crippen molar-refractivity contribution in [2.45, 2.75) is 12.5 Å². The van der Waals surface area contributed by atoms with E-state index in [-0.39, 0.29) is 11.3 Å². The Hall–Kier alpha value is -2.96. The molecule has 1 atom stereocenters. The Kier molecular flexibility index (Phi) is 3.48. The molecule has 2 aromatic rings. The minimum Gasteiger partial charge on any atom is -0.466 e. The van der Waals surface area contributed by atoms with Crippen LogP contribution in [0.3, 0.4) is 0 Å². The van der Waals surface area contributed by atoms with E-state index in [1.807, 2.05) is 0 Å². The van der Waals surface area contributed by atoms with Gasteiger partial charge in [0.05, 0.1) is 12.8 Å². The molecule has 0 bridgehead atoms. The van der Waals surface area contributed by atoms with Crippen LogP contribution in [0, 0.1) is 5.82 Å². The number of imide groups is 1. The lowest BCUT2D eigenvalue weighted by atomic mass is 9.99. The van der Waals surface area contributed by atoms with Crippen molar-refractivity contribution in [2.24, 2.45) is 0 Å². The Morgan fingerprint density at radius 1 is 1.26 bits per heavy atom. The van der Waals surface area contributed by atoms with Gasteiger partial charge in [0.15, 0.2) is 11.3 Å². The van der Waals surface area contributed by atoms with Gasteiger partial charge in [-0.25, -0.2) is 9.18 Å². The van der Waals surface area contributed by atoms with Crippen LogP contribution in [0.1, 0.15) is 23.0 Å². The van der Waals surface area contributed by atoms with Gasteiger partial charge in [0.25, 0.3) is 5.91 Å². The molecule has 0 saturated carbocycles. The first-order chi connectivity index (χ1) is 10.9. The summed E-state index contributed by atoms with van der Waals surface area (Å²) in [5.74, 6) is -1.22. The van der Waals surface area contributed by atoms with Crippen molar-refractivity contribution in [3.63, 3.8) is 0 Å². The van der Waals surface area contributed by atoms with Gasteiger partial charge in [-0.05, 0) is 43.3 Å². The van der Waals surface area contributed by atoms with Crippen molar-refractivity contribution < 1.29 is 23.2 Å². The summed E-state index contributed by atoms with van der Waals surface area (Å²) >= 11 is 0. The summed E-state index contributed by atoms with van der Waals surface area (Å²) in [6.45, 7) is 1.08. The van der Waals surface area contributed by atoms with E-state index in [4.69, 9.17) is 4.42 Å². The molecule has 1 fully saturated rings. The number of hydrogen-bond donors (Lipinski definition) is 1. The molecule has 23 heavy (non-hydrogen) atoms. The molecule has 1 aliphatic heterocycles. The monoisotopic (exact) mass is 316 g/mol. The second-order valence-corrected chi connectivity index (χ2v) is 5.35. The van der Waals surface area contributed by atoms with Crippen molar-refractivity contribution in [1.29, 1.82) is 0 Å². The van der Waals surface area contributed by atoms with Gasteiger partial charge in [0.1, 0.15) is 11.6 Å². The van der Waals surface area contributed by atoms with Gasteiger partial charge in [-0.2, -0.15) is 0 Å². The molecule has 3 rings (SSSR count). The quantitative estimate of drug-likeness (QED) is 0.692. The maximum Gasteiger partial charge on any atom is 0.325 e. The summed E-state index contributed by atoms with van der Waals surface area (Å²) in [7, 11) is 0. The number of Topliss-reactive ketones (excluding diaryl/α,β-unsaturated/α-hetero) is 1. The predicted molar refractivity (Wildman–Crippen MR) is 77.0 cm³/mol. The summed E-state index contributed by atoms with van der Waals surface area (Å²) in [4.78, 5) is 37.6. The fourth-order valence-corrected chi connectivity index (χ4v) is 2.44. The number of amides is 3. The molecule has 118 valence electrons. The zero-order valence-electron chi connectivity index (χ0n) is 12.2. The highest BCUT2D eigenvalue weighted by Crippen LogP contribution is 2.29. The van der Waals surface area contributed by atoms with Crippen molar-refractivity contribution in [1.82, 2.24) is 10.2 Å². The Bertz CT molecular complexity index is 770. The molecule has 0 radical (unpaired) electrons. The topological polar surface area (TPSA) is 79.6 Å². The van der Waals surface area contributed by atoms with Crippen molar-refractivity contribution >= 4 is 17.7 Å². The van der Waals surface area contributed by atoms with Gasteiger partial charge in [0, 0.05) is 5.56 Å². The van der Waals surface area contributed by atoms with Crippen LogP contribution in [0.25, 0.3) is 0 Å². The van der Waals surface area contributed by atoms with Crippen LogP contribution in [-0.4, -0.2) is 29.2 Å². The second-order valence-electron chi connectivity index (χ2n) is 5.35. The standard InChI is InChI=1S/C16H13FN2O4/c1-16(13-3-2-8-23-13)14(21)19(15(22)18-16)9-12(20)10-4-6-11(17)7-5-10/h2-8H,9H2,1H3,(H,18,22). The molecular formula is C16H13FN2O4. The molecule has 1 aromatic carbocycles. The Morgan fingerprint density at radius 2 is 1.96 bits per heavy atom. The SMILES string of the molecule is CC1(c2ccco2)NC(=O)N(CC(=O)c2ccc(F)cc2)C1=O. The molecule has 1 aromatic heterocycles. The van der Waals surface area contributed by atoms with Crippen LogP contribution in [-0.2, 0) is 10.3 Å². The molecule has 0 aliphatic carbocycles. The van der Waals surface area contributed by atoms with Crippen molar-refractivity contribution in [2.75, 3.05) is 6.54 Å². The van der Waals surface area contributed by atoms with Crippen LogP contribution in [0.4, 0.5) is 9.18 Å². The Morgan fingerprint density at radius 3 is 2.57 bits per heavy atom. The number of ketones is 1. The number of nitrogens with one attached hydrogen (secondary N) is 1. The van der Waals surface area contributed by atoms with E-state index in [1.165, 1.54) is 25.3 Å². The van der Waals surface area contributed by atoms with E-state index >= 15 is 0 Å². The first-order valence-electron chi connectivity index (χ1n) is 6.88. The summed E-state index contributed by atoms with van der Waals surface area (Å²) < 4.78 is 18.1.